The molecule has 80 valence electrons. The van der Waals surface area contributed by atoms with Crippen LogP contribution in [0.25, 0.3) is 0 Å². The molecular formula is C11H17F2N. The third-order valence-corrected chi connectivity index (χ3v) is 4.87. The van der Waals surface area contributed by atoms with Crippen LogP contribution in [0.5, 0.6) is 0 Å². The fraction of sp³-hybridized carbons (Fsp3) is 1.00. The Balaban J connectivity index is 1.87. The SMILES string of the molecule is CC(C)C12CCN1CC1(C2)CC1(F)F. The van der Waals surface area contributed by atoms with E-state index >= 15 is 0 Å². The highest BCUT2D eigenvalue weighted by Crippen LogP contribution is 2.71. The summed E-state index contributed by atoms with van der Waals surface area (Å²) in [4.78, 5) is 2.30. The van der Waals surface area contributed by atoms with Gasteiger partial charge >= 0.3 is 0 Å². The number of hydrogen-bond donors (Lipinski definition) is 0. The number of hydrogen-bond acceptors (Lipinski definition) is 1. The first-order chi connectivity index (χ1) is 6.42. The zero-order chi connectivity index (χ0) is 10.2. The Labute approximate surface area is 83.5 Å². The van der Waals surface area contributed by atoms with E-state index in [4.69, 9.17) is 0 Å². The molecule has 14 heavy (non-hydrogen) atoms. The zero-order valence-electron chi connectivity index (χ0n) is 8.82. The van der Waals surface area contributed by atoms with Crippen molar-refractivity contribution in [1.82, 2.24) is 4.90 Å². The quantitative estimate of drug-likeness (QED) is 0.630. The minimum Gasteiger partial charge on any atom is -0.296 e. The molecular weight excluding hydrogens is 184 g/mol. The van der Waals surface area contributed by atoms with E-state index in [0.717, 1.165) is 19.4 Å². The Morgan fingerprint density at radius 2 is 1.86 bits per heavy atom. The molecule has 2 unspecified atom stereocenters. The maximum absolute atomic E-state index is 13.3. The standard InChI is InChI=1S/C11H17F2N/c1-8(2)10-3-4-14(10)7-9(5-10)6-11(9,12)13/h8H,3-7H2,1-2H3. The molecule has 3 heteroatoms. The number of rotatable bonds is 1. The fourth-order valence-corrected chi connectivity index (χ4v) is 3.60. The lowest BCUT2D eigenvalue weighted by Gasteiger charge is -2.51. The summed E-state index contributed by atoms with van der Waals surface area (Å²) in [6.07, 6.45) is 2.01. The lowest BCUT2D eigenvalue weighted by Crippen LogP contribution is -2.58. The molecule has 2 aliphatic heterocycles. The lowest BCUT2D eigenvalue weighted by molar-refractivity contribution is -0.0116. The number of nitrogens with zero attached hydrogens (tertiary/aromatic N) is 1. The van der Waals surface area contributed by atoms with Gasteiger partial charge in [0.25, 0.3) is 5.92 Å². The van der Waals surface area contributed by atoms with E-state index in [1.54, 1.807) is 0 Å². The second kappa shape index (κ2) is 2.16. The predicted molar refractivity (Wildman–Crippen MR) is 50.4 cm³/mol. The smallest absolute Gasteiger partial charge is 0.255 e. The minimum atomic E-state index is -2.35. The Morgan fingerprint density at radius 3 is 2.14 bits per heavy atom. The molecule has 0 aromatic heterocycles. The van der Waals surface area contributed by atoms with Crippen molar-refractivity contribution < 1.29 is 8.78 Å². The first kappa shape index (κ1) is 9.08. The number of fused-ring (bicyclic) bond motifs is 1. The van der Waals surface area contributed by atoms with E-state index in [-0.39, 0.29) is 12.0 Å². The molecule has 2 saturated heterocycles. The molecule has 0 bridgehead atoms. The molecule has 2 atom stereocenters. The molecule has 0 N–H and O–H groups in total. The summed E-state index contributed by atoms with van der Waals surface area (Å²) in [5, 5.41) is 0. The number of halogens is 2. The van der Waals surface area contributed by atoms with Gasteiger partial charge < -0.3 is 0 Å². The highest BCUT2D eigenvalue weighted by atomic mass is 19.3. The molecule has 1 aliphatic carbocycles. The van der Waals surface area contributed by atoms with E-state index in [0.29, 0.717) is 12.5 Å². The summed E-state index contributed by atoms with van der Waals surface area (Å²) in [5.74, 6) is -1.83. The predicted octanol–water partition coefficient (Wildman–Crippen LogP) is 2.52. The average Bonchev–Trinajstić information content (AvgIpc) is 2.48. The van der Waals surface area contributed by atoms with E-state index in [1.807, 2.05) is 0 Å². The van der Waals surface area contributed by atoms with Gasteiger partial charge in [0.15, 0.2) is 0 Å². The third kappa shape index (κ3) is 0.791. The maximum atomic E-state index is 13.3. The van der Waals surface area contributed by atoms with E-state index in [1.165, 1.54) is 0 Å². The molecule has 3 rings (SSSR count). The fourth-order valence-electron chi connectivity index (χ4n) is 3.60. The van der Waals surface area contributed by atoms with Crippen LogP contribution in [0, 0.1) is 11.3 Å². The highest BCUT2D eigenvalue weighted by Gasteiger charge is 2.78. The van der Waals surface area contributed by atoms with Crippen LogP contribution in [-0.2, 0) is 0 Å². The van der Waals surface area contributed by atoms with Gasteiger partial charge in [-0.15, -0.1) is 0 Å². The molecule has 1 spiro atoms. The topological polar surface area (TPSA) is 3.24 Å². The van der Waals surface area contributed by atoms with Gasteiger partial charge in [-0.2, -0.15) is 0 Å². The number of alkyl halides is 2. The highest BCUT2D eigenvalue weighted by molar-refractivity contribution is 5.24. The van der Waals surface area contributed by atoms with Crippen LogP contribution < -0.4 is 0 Å². The van der Waals surface area contributed by atoms with Gasteiger partial charge in [-0.05, 0) is 18.8 Å². The monoisotopic (exact) mass is 201 g/mol. The van der Waals surface area contributed by atoms with Crippen LogP contribution in [0.4, 0.5) is 8.78 Å². The van der Waals surface area contributed by atoms with Crippen molar-refractivity contribution in [1.29, 1.82) is 0 Å². The Hall–Kier alpha value is -0.180. The van der Waals surface area contributed by atoms with Crippen molar-refractivity contribution in [2.24, 2.45) is 11.3 Å². The van der Waals surface area contributed by atoms with Crippen LogP contribution in [-0.4, -0.2) is 29.5 Å². The second-order valence-corrected chi connectivity index (χ2v) is 5.77. The molecule has 3 fully saturated rings. The van der Waals surface area contributed by atoms with Gasteiger partial charge in [0.2, 0.25) is 0 Å². The van der Waals surface area contributed by atoms with Crippen molar-refractivity contribution in [3.63, 3.8) is 0 Å². The summed E-state index contributed by atoms with van der Waals surface area (Å²) in [6.45, 7) is 6.03. The first-order valence-corrected chi connectivity index (χ1v) is 5.55. The molecule has 1 saturated carbocycles. The van der Waals surface area contributed by atoms with Gasteiger partial charge in [0, 0.05) is 25.0 Å². The minimum absolute atomic E-state index is 0.139. The molecule has 0 amide bonds. The summed E-state index contributed by atoms with van der Waals surface area (Å²) in [6, 6.07) is 0. The normalized spacial score (nSPS) is 49.5. The second-order valence-electron chi connectivity index (χ2n) is 5.77. The van der Waals surface area contributed by atoms with Crippen molar-refractivity contribution in [3.8, 4) is 0 Å². The summed E-state index contributed by atoms with van der Waals surface area (Å²) in [7, 11) is 0. The van der Waals surface area contributed by atoms with Crippen molar-refractivity contribution in [2.45, 2.75) is 44.6 Å². The van der Waals surface area contributed by atoms with Crippen molar-refractivity contribution in [3.05, 3.63) is 0 Å². The van der Waals surface area contributed by atoms with Gasteiger partial charge in [0.05, 0.1) is 5.41 Å². The van der Waals surface area contributed by atoms with Crippen LogP contribution >= 0.6 is 0 Å². The molecule has 0 radical (unpaired) electrons. The van der Waals surface area contributed by atoms with Gasteiger partial charge in [-0.25, -0.2) is 8.78 Å². The van der Waals surface area contributed by atoms with Crippen LogP contribution in [0.3, 0.4) is 0 Å². The van der Waals surface area contributed by atoms with Crippen LogP contribution in [0.15, 0.2) is 0 Å². The van der Waals surface area contributed by atoms with E-state index < -0.39 is 11.3 Å². The van der Waals surface area contributed by atoms with Crippen LogP contribution in [0.2, 0.25) is 0 Å². The summed E-state index contributed by atoms with van der Waals surface area (Å²) < 4.78 is 26.5. The first-order valence-electron chi connectivity index (χ1n) is 5.55. The summed E-state index contributed by atoms with van der Waals surface area (Å²) >= 11 is 0. The molecule has 3 aliphatic rings. The molecule has 2 heterocycles. The Bertz CT molecular complexity index is 289. The largest absolute Gasteiger partial charge is 0.296 e. The van der Waals surface area contributed by atoms with Crippen LogP contribution in [0.1, 0.15) is 33.1 Å². The van der Waals surface area contributed by atoms with Gasteiger partial charge in [0.1, 0.15) is 0 Å². The lowest BCUT2D eigenvalue weighted by atomic mass is 9.74. The molecule has 0 aromatic carbocycles. The van der Waals surface area contributed by atoms with E-state index in [9.17, 15) is 8.78 Å². The molecule has 1 nitrogen and oxygen atoms in total. The third-order valence-electron chi connectivity index (χ3n) is 4.87. The maximum Gasteiger partial charge on any atom is 0.255 e. The van der Waals surface area contributed by atoms with Crippen molar-refractivity contribution >= 4 is 0 Å². The van der Waals surface area contributed by atoms with E-state index in [2.05, 4.69) is 18.7 Å². The zero-order valence-corrected chi connectivity index (χ0v) is 8.82. The Kier molecular flexibility index (Phi) is 1.40. The average molecular weight is 201 g/mol. The van der Waals surface area contributed by atoms with Crippen molar-refractivity contribution in [2.75, 3.05) is 13.1 Å². The summed E-state index contributed by atoms with van der Waals surface area (Å²) in [5.41, 5.74) is -0.478. The Morgan fingerprint density at radius 1 is 1.21 bits per heavy atom. The van der Waals surface area contributed by atoms with Gasteiger partial charge in [-0.3, -0.25) is 4.90 Å². The van der Waals surface area contributed by atoms with Gasteiger partial charge in [-0.1, -0.05) is 13.8 Å². The molecule has 0 aromatic rings.